The Balaban J connectivity index is 1.42. The van der Waals surface area contributed by atoms with Crippen molar-refractivity contribution in [2.45, 2.75) is 12.5 Å². The quantitative estimate of drug-likeness (QED) is 0.706. The molecule has 1 atom stereocenters. The molecular weight excluding hydrogens is 394 g/mol. The van der Waals surface area contributed by atoms with Crippen LogP contribution in [0.5, 0.6) is 0 Å². The van der Waals surface area contributed by atoms with Crippen LogP contribution >= 0.6 is 0 Å². The van der Waals surface area contributed by atoms with E-state index in [1.165, 1.54) is 10.5 Å². The molecule has 0 saturated carbocycles. The van der Waals surface area contributed by atoms with Gasteiger partial charge in [0, 0.05) is 19.6 Å². The molecular formula is C24H25N3O4. The maximum Gasteiger partial charge on any atom is 0.261 e. The number of rotatable bonds is 4. The number of fused-ring (bicyclic) bond motifs is 2. The first-order valence-electron chi connectivity index (χ1n) is 10.8. The topological polar surface area (TPSA) is 70.2 Å². The van der Waals surface area contributed by atoms with E-state index < -0.39 is 0 Å². The van der Waals surface area contributed by atoms with E-state index in [-0.39, 0.29) is 30.3 Å². The lowest BCUT2D eigenvalue weighted by Crippen LogP contribution is -2.50. The number of ether oxygens (including phenoxy) is 1. The Kier molecular flexibility index (Phi) is 5.29. The number of amides is 3. The van der Waals surface area contributed by atoms with Crippen LogP contribution in [-0.4, -0.2) is 78.4 Å². The van der Waals surface area contributed by atoms with E-state index >= 15 is 0 Å². The Morgan fingerprint density at radius 1 is 0.903 bits per heavy atom. The zero-order chi connectivity index (χ0) is 21.4. The molecule has 2 aromatic rings. The highest BCUT2D eigenvalue weighted by molar-refractivity contribution is 6.21. The molecule has 1 fully saturated rings. The van der Waals surface area contributed by atoms with E-state index in [9.17, 15) is 14.4 Å². The lowest BCUT2D eigenvalue weighted by Gasteiger charge is -2.40. The molecule has 0 bridgehead atoms. The number of carbonyl (C=O) groups is 3. The van der Waals surface area contributed by atoms with Gasteiger partial charge in [-0.2, -0.15) is 0 Å². The van der Waals surface area contributed by atoms with Gasteiger partial charge in [-0.05, 0) is 29.7 Å². The number of hydrogen-bond donors (Lipinski definition) is 0. The average molecular weight is 419 g/mol. The Morgan fingerprint density at radius 3 is 2.26 bits per heavy atom. The Morgan fingerprint density at radius 2 is 1.55 bits per heavy atom. The zero-order valence-corrected chi connectivity index (χ0v) is 17.3. The molecule has 0 aromatic heterocycles. The van der Waals surface area contributed by atoms with Crippen LogP contribution < -0.4 is 0 Å². The number of morpholine rings is 1. The molecule has 0 unspecified atom stereocenters. The Hall–Kier alpha value is -3.03. The highest BCUT2D eigenvalue weighted by Crippen LogP contribution is 2.33. The van der Waals surface area contributed by atoms with Gasteiger partial charge < -0.3 is 9.64 Å². The van der Waals surface area contributed by atoms with E-state index in [1.54, 1.807) is 24.3 Å². The Labute approximate surface area is 181 Å². The lowest BCUT2D eigenvalue weighted by atomic mass is 9.92. The molecule has 7 heteroatoms. The molecule has 31 heavy (non-hydrogen) atoms. The summed E-state index contributed by atoms with van der Waals surface area (Å²) < 4.78 is 5.39. The molecule has 0 N–H and O–H groups in total. The van der Waals surface area contributed by atoms with Crippen molar-refractivity contribution < 1.29 is 19.1 Å². The van der Waals surface area contributed by atoms with Gasteiger partial charge in [0.25, 0.3) is 11.8 Å². The minimum atomic E-state index is -0.347. The molecule has 3 amide bonds. The SMILES string of the molecule is O=C1c2ccccc2C(=O)N1C[C@@H]1c2ccccc2CCN1C(=O)CN1CCOCC1. The van der Waals surface area contributed by atoms with Crippen LogP contribution in [-0.2, 0) is 16.0 Å². The van der Waals surface area contributed by atoms with Gasteiger partial charge in [-0.15, -0.1) is 0 Å². The highest BCUT2D eigenvalue weighted by atomic mass is 16.5. The fourth-order valence-corrected chi connectivity index (χ4v) is 4.77. The second-order valence-electron chi connectivity index (χ2n) is 8.21. The van der Waals surface area contributed by atoms with E-state index in [2.05, 4.69) is 11.0 Å². The molecule has 0 aliphatic carbocycles. The van der Waals surface area contributed by atoms with Crippen LogP contribution in [0.3, 0.4) is 0 Å². The predicted octanol–water partition coefficient (Wildman–Crippen LogP) is 1.74. The van der Waals surface area contributed by atoms with E-state index in [1.807, 2.05) is 23.1 Å². The van der Waals surface area contributed by atoms with Crippen molar-refractivity contribution in [3.05, 3.63) is 70.8 Å². The smallest absolute Gasteiger partial charge is 0.261 e. The third-order valence-electron chi connectivity index (χ3n) is 6.43. The van der Waals surface area contributed by atoms with Crippen molar-refractivity contribution in [1.29, 1.82) is 0 Å². The third kappa shape index (κ3) is 3.64. The lowest BCUT2D eigenvalue weighted by molar-refractivity contribution is -0.136. The van der Waals surface area contributed by atoms with E-state index in [0.29, 0.717) is 37.4 Å². The average Bonchev–Trinajstić information content (AvgIpc) is 3.05. The Bertz CT molecular complexity index is 996. The molecule has 5 rings (SSSR count). The molecule has 7 nitrogen and oxygen atoms in total. The van der Waals surface area contributed by atoms with Crippen molar-refractivity contribution in [1.82, 2.24) is 14.7 Å². The molecule has 0 spiro atoms. The maximum atomic E-state index is 13.3. The van der Waals surface area contributed by atoms with E-state index in [0.717, 1.165) is 25.1 Å². The first-order chi connectivity index (χ1) is 15.1. The van der Waals surface area contributed by atoms with Gasteiger partial charge in [-0.1, -0.05) is 36.4 Å². The van der Waals surface area contributed by atoms with Gasteiger partial charge in [-0.25, -0.2) is 0 Å². The summed E-state index contributed by atoms with van der Waals surface area (Å²) in [6.45, 7) is 3.80. The second-order valence-corrected chi connectivity index (χ2v) is 8.21. The van der Waals surface area contributed by atoms with Crippen molar-refractivity contribution in [2.24, 2.45) is 0 Å². The van der Waals surface area contributed by atoms with Crippen LogP contribution in [0.2, 0.25) is 0 Å². The summed E-state index contributed by atoms with van der Waals surface area (Å²) in [5.74, 6) is -0.550. The summed E-state index contributed by atoms with van der Waals surface area (Å²) >= 11 is 0. The largest absolute Gasteiger partial charge is 0.379 e. The minimum absolute atomic E-state index is 0.0259. The van der Waals surface area contributed by atoms with E-state index in [4.69, 9.17) is 4.74 Å². The normalized spacial score (nSPS) is 21.2. The second kappa shape index (κ2) is 8.24. The molecule has 160 valence electrons. The summed E-state index contributed by atoms with van der Waals surface area (Å²) in [7, 11) is 0. The van der Waals surface area contributed by atoms with Crippen LogP contribution in [0.25, 0.3) is 0 Å². The fraction of sp³-hybridized carbons (Fsp3) is 0.375. The number of nitrogens with zero attached hydrogens (tertiary/aromatic N) is 3. The van der Waals surface area contributed by atoms with Gasteiger partial charge in [0.2, 0.25) is 5.91 Å². The van der Waals surface area contributed by atoms with Gasteiger partial charge in [0.1, 0.15) is 0 Å². The summed E-state index contributed by atoms with van der Waals surface area (Å²) in [6, 6.07) is 14.6. The molecule has 0 radical (unpaired) electrons. The summed E-state index contributed by atoms with van der Waals surface area (Å²) in [4.78, 5) is 44.5. The van der Waals surface area contributed by atoms with Crippen molar-refractivity contribution >= 4 is 17.7 Å². The zero-order valence-electron chi connectivity index (χ0n) is 17.3. The number of benzene rings is 2. The highest BCUT2D eigenvalue weighted by Gasteiger charge is 2.40. The van der Waals surface area contributed by atoms with Gasteiger partial charge in [-0.3, -0.25) is 24.2 Å². The number of carbonyl (C=O) groups excluding carboxylic acids is 3. The number of imide groups is 1. The fourth-order valence-electron chi connectivity index (χ4n) is 4.77. The minimum Gasteiger partial charge on any atom is -0.379 e. The van der Waals surface area contributed by atoms with Crippen LogP contribution in [0, 0.1) is 0 Å². The molecule has 3 aliphatic heterocycles. The van der Waals surface area contributed by atoms with Crippen molar-refractivity contribution in [3.63, 3.8) is 0 Å². The monoisotopic (exact) mass is 419 g/mol. The predicted molar refractivity (Wildman–Crippen MR) is 114 cm³/mol. The summed E-state index contributed by atoms with van der Waals surface area (Å²) in [6.07, 6.45) is 0.768. The molecule has 2 aromatic carbocycles. The molecule has 3 aliphatic rings. The van der Waals surface area contributed by atoms with Crippen molar-refractivity contribution in [3.8, 4) is 0 Å². The van der Waals surface area contributed by atoms with Gasteiger partial charge >= 0.3 is 0 Å². The molecule has 1 saturated heterocycles. The van der Waals surface area contributed by atoms with Crippen LogP contribution in [0.1, 0.15) is 37.9 Å². The van der Waals surface area contributed by atoms with Gasteiger partial charge in [0.05, 0.1) is 43.5 Å². The van der Waals surface area contributed by atoms with Gasteiger partial charge in [0.15, 0.2) is 0 Å². The van der Waals surface area contributed by atoms with Crippen LogP contribution in [0.15, 0.2) is 48.5 Å². The molecule has 3 heterocycles. The van der Waals surface area contributed by atoms with Crippen LogP contribution in [0.4, 0.5) is 0 Å². The maximum absolute atomic E-state index is 13.3. The standard InChI is InChI=1S/C24H25N3O4/c28-22(16-25-11-13-31-14-12-25)26-10-9-17-5-1-2-6-18(17)21(26)15-27-23(29)19-7-3-4-8-20(19)24(27)30/h1-8,21H,9-16H2/t21-/m1/s1. The third-order valence-corrected chi connectivity index (χ3v) is 6.43. The summed E-state index contributed by atoms with van der Waals surface area (Å²) in [5, 5.41) is 0. The summed E-state index contributed by atoms with van der Waals surface area (Å²) in [5.41, 5.74) is 3.05. The van der Waals surface area contributed by atoms with Crippen molar-refractivity contribution in [2.75, 3.05) is 45.9 Å². The first kappa shape index (κ1) is 19.9. The number of hydrogen-bond acceptors (Lipinski definition) is 5. The first-order valence-corrected chi connectivity index (χ1v) is 10.8.